The lowest BCUT2D eigenvalue weighted by molar-refractivity contribution is 0.280. The largest absolute Gasteiger partial charge is 0.317 e. The number of hydrogen-bond donors (Lipinski definition) is 1. The summed E-state index contributed by atoms with van der Waals surface area (Å²) >= 11 is 0. The summed E-state index contributed by atoms with van der Waals surface area (Å²) in [5.41, 5.74) is 1.15. The first kappa shape index (κ1) is 10.7. The lowest BCUT2D eigenvalue weighted by atomic mass is 9.76. The summed E-state index contributed by atoms with van der Waals surface area (Å²) in [6.07, 6.45) is 5.51. The molecule has 1 fully saturated rings. The molecule has 0 unspecified atom stereocenters. The van der Waals surface area contributed by atoms with Crippen molar-refractivity contribution in [3.63, 3.8) is 0 Å². The van der Waals surface area contributed by atoms with E-state index < -0.39 is 0 Å². The fourth-order valence-corrected chi connectivity index (χ4v) is 2.84. The highest BCUT2D eigenvalue weighted by molar-refractivity contribution is 5.38. The van der Waals surface area contributed by atoms with Gasteiger partial charge in [-0.2, -0.15) is 0 Å². The van der Waals surface area contributed by atoms with Crippen LogP contribution in [0.15, 0.2) is 24.4 Å². The molecule has 1 aliphatic heterocycles. The summed E-state index contributed by atoms with van der Waals surface area (Å²) in [6.45, 7) is 4.42. The molecule has 0 aromatic carbocycles. The van der Waals surface area contributed by atoms with Crippen LogP contribution in [0.4, 0.5) is 0 Å². The zero-order chi connectivity index (χ0) is 11.7. The Morgan fingerprint density at radius 1 is 1.29 bits per heavy atom. The van der Waals surface area contributed by atoms with Gasteiger partial charge < -0.3 is 5.32 Å². The van der Waals surface area contributed by atoms with Gasteiger partial charge in [-0.15, -0.1) is 10.2 Å². The van der Waals surface area contributed by atoms with Crippen molar-refractivity contribution in [2.24, 2.45) is 0 Å². The predicted molar refractivity (Wildman–Crippen MR) is 67.1 cm³/mol. The predicted octanol–water partition coefficient (Wildman–Crippen LogP) is 1.76. The van der Waals surface area contributed by atoms with Crippen molar-refractivity contribution in [1.29, 1.82) is 0 Å². The van der Waals surface area contributed by atoms with E-state index in [2.05, 4.69) is 33.0 Å². The third-order valence-electron chi connectivity index (χ3n) is 4.03. The highest BCUT2D eigenvalue weighted by Gasteiger charge is 2.36. The Bertz CT molecular complexity index is 511. The first-order valence-electron chi connectivity index (χ1n) is 6.37. The van der Waals surface area contributed by atoms with Gasteiger partial charge in [-0.25, -0.2) is 0 Å². The maximum Gasteiger partial charge on any atom is 0.160 e. The number of pyridine rings is 1. The normalized spacial score (nSPS) is 19.6. The monoisotopic (exact) mass is 230 g/mol. The molecule has 1 N–H and O–H groups in total. The van der Waals surface area contributed by atoms with Gasteiger partial charge in [-0.05, 0) is 44.5 Å². The summed E-state index contributed by atoms with van der Waals surface area (Å²) in [7, 11) is 0. The number of nitrogens with one attached hydrogen (secondary N) is 1. The quantitative estimate of drug-likeness (QED) is 0.854. The Hall–Kier alpha value is -1.42. The third kappa shape index (κ3) is 1.63. The van der Waals surface area contributed by atoms with Crippen LogP contribution in [0.25, 0.3) is 5.65 Å². The zero-order valence-corrected chi connectivity index (χ0v) is 10.2. The standard InChI is InChI=1S/C13H18N4/c1-2-13(6-8-14-9-7-13)12-16-15-11-5-3-4-10-17(11)12/h3-5,10,14H,2,6-9H2,1H3. The first-order chi connectivity index (χ1) is 8.36. The van der Waals surface area contributed by atoms with Crippen molar-refractivity contribution < 1.29 is 0 Å². The van der Waals surface area contributed by atoms with Gasteiger partial charge in [0.15, 0.2) is 5.65 Å². The molecular formula is C13H18N4. The molecule has 1 saturated heterocycles. The van der Waals surface area contributed by atoms with Gasteiger partial charge >= 0.3 is 0 Å². The molecule has 0 aliphatic carbocycles. The maximum absolute atomic E-state index is 4.45. The SMILES string of the molecule is CCC1(c2nnc3ccccn23)CCNCC1. The average molecular weight is 230 g/mol. The lowest BCUT2D eigenvalue weighted by Crippen LogP contribution is -2.40. The van der Waals surface area contributed by atoms with Crippen LogP contribution in [0.5, 0.6) is 0 Å². The Balaban J connectivity index is 2.12. The minimum atomic E-state index is 0.200. The van der Waals surface area contributed by atoms with E-state index in [9.17, 15) is 0 Å². The molecule has 0 bridgehead atoms. The summed E-state index contributed by atoms with van der Waals surface area (Å²) in [4.78, 5) is 0. The van der Waals surface area contributed by atoms with E-state index in [1.54, 1.807) is 0 Å². The number of rotatable bonds is 2. The molecule has 0 radical (unpaired) electrons. The van der Waals surface area contributed by atoms with Crippen LogP contribution >= 0.6 is 0 Å². The van der Waals surface area contributed by atoms with E-state index in [4.69, 9.17) is 0 Å². The smallest absolute Gasteiger partial charge is 0.160 e. The second-order valence-electron chi connectivity index (χ2n) is 4.84. The Kier molecular flexibility index (Phi) is 2.59. The van der Waals surface area contributed by atoms with Crippen molar-refractivity contribution in [1.82, 2.24) is 19.9 Å². The fraction of sp³-hybridized carbons (Fsp3) is 0.538. The zero-order valence-electron chi connectivity index (χ0n) is 10.2. The molecule has 3 heterocycles. The first-order valence-corrected chi connectivity index (χ1v) is 6.37. The van der Waals surface area contributed by atoms with Crippen molar-refractivity contribution in [3.05, 3.63) is 30.2 Å². The fourth-order valence-electron chi connectivity index (χ4n) is 2.84. The van der Waals surface area contributed by atoms with Crippen molar-refractivity contribution in [2.75, 3.05) is 13.1 Å². The molecule has 2 aromatic rings. The number of nitrogens with zero attached hydrogens (tertiary/aromatic N) is 3. The van der Waals surface area contributed by atoms with E-state index in [-0.39, 0.29) is 5.41 Å². The van der Waals surface area contributed by atoms with Crippen LogP contribution in [0.2, 0.25) is 0 Å². The van der Waals surface area contributed by atoms with E-state index in [1.807, 2.05) is 18.2 Å². The van der Waals surface area contributed by atoms with Crippen LogP contribution in [0, 0.1) is 0 Å². The minimum absolute atomic E-state index is 0.200. The van der Waals surface area contributed by atoms with Gasteiger partial charge in [0.2, 0.25) is 0 Å². The second kappa shape index (κ2) is 4.11. The molecule has 1 aliphatic rings. The van der Waals surface area contributed by atoms with Crippen LogP contribution in [0.1, 0.15) is 32.0 Å². The lowest BCUT2D eigenvalue weighted by Gasteiger charge is -2.35. The van der Waals surface area contributed by atoms with Gasteiger partial charge in [0, 0.05) is 11.6 Å². The number of fused-ring (bicyclic) bond motifs is 1. The van der Waals surface area contributed by atoms with E-state index in [0.717, 1.165) is 43.8 Å². The summed E-state index contributed by atoms with van der Waals surface area (Å²) < 4.78 is 2.15. The highest BCUT2D eigenvalue weighted by Crippen LogP contribution is 2.35. The Morgan fingerprint density at radius 3 is 2.88 bits per heavy atom. The maximum atomic E-state index is 4.45. The highest BCUT2D eigenvalue weighted by atomic mass is 15.3. The Labute approximate surface area is 101 Å². The van der Waals surface area contributed by atoms with Gasteiger partial charge in [0.25, 0.3) is 0 Å². The number of aromatic nitrogens is 3. The molecule has 0 atom stereocenters. The van der Waals surface area contributed by atoms with Crippen molar-refractivity contribution in [2.45, 2.75) is 31.6 Å². The van der Waals surface area contributed by atoms with E-state index >= 15 is 0 Å². The number of hydrogen-bond acceptors (Lipinski definition) is 3. The molecule has 4 nitrogen and oxygen atoms in total. The molecule has 3 rings (SSSR count). The molecule has 2 aromatic heterocycles. The molecule has 17 heavy (non-hydrogen) atoms. The molecule has 0 amide bonds. The van der Waals surface area contributed by atoms with Crippen molar-refractivity contribution in [3.8, 4) is 0 Å². The van der Waals surface area contributed by atoms with E-state index in [0.29, 0.717) is 0 Å². The topological polar surface area (TPSA) is 42.2 Å². The summed E-state index contributed by atoms with van der Waals surface area (Å²) in [5, 5.41) is 12.2. The third-order valence-corrected chi connectivity index (χ3v) is 4.03. The molecule has 0 spiro atoms. The molecule has 0 saturated carbocycles. The van der Waals surface area contributed by atoms with Crippen LogP contribution in [-0.2, 0) is 5.41 Å². The molecule has 4 heteroatoms. The second-order valence-corrected chi connectivity index (χ2v) is 4.84. The van der Waals surface area contributed by atoms with Gasteiger partial charge in [-0.3, -0.25) is 4.40 Å². The summed E-state index contributed by atoms with van der Waals surface area (Å²) in [6, 6.07) is 6.07. The average Bonchev–Trinajstić information content (AvgIpc) is 2.84. The summed E-state index contributed by atoms with van der Waals surface area (Å²) in [5.74, 6) is 1.14. The molecular weight excluding hydrogens is 212 g/mol. The van der Waals surface area contributed by atoms with Crippen LogP contribution < -0.4 is 5.32 Å². The van der Waals surface area contributed by atoms with Crippen molar-refractivity contribution >= 4 is 5.65 Å². The van der Waals surface area contributed by atoms with Gasteiger partial charge in [-0.1, -0.05) is 13.0 Å². The molecule has 90 valence electrons. The van der Waals surface area contributed by atoms with E-state index in [1.165, 1.54) is 0 Å². The minimum Gasteiger partial charge on any atom is -0.317 e. The number of piperidine rings is 1. The van der Waals surface area contributed by atoms with Crippen LogP contribution in [0.3, 0.4) is 0 Å². The van der Waals surface area contributed by atoms with Gasteiger partial charge in [0.05, 0.1) is 0 Å². The Morgan fingerprint density at radius 2 is 2.12 bits per heavy atom. The van der Waals surface area contributed by atoms with Gasteiger partial charge in [0.1, 0.15) is 5.82 Å². The van der Waals surface area contributed by atoms with Crippen LogP contribution in [-0.4, -0.2) is 27.7 Å².